The molecule has 21 heavy (non-hydrogen) atoms. The minimum Gasteiger partial charge on any atom is -0.356 e. The highest BCUT2D eigenvalue weighted by molar-refractivity contribution is 7.93. The standard InChI is InChI=1S/C13H12F3NO2S2/c14-13(15,16)10-5-3-9(4-6-10)11(8-17)21(18,19)12-2-1-7-20-12/h1-7,11H,8,17H2/p+1/t11-/m1/s1. The van der Waals surface area contributed by atoms with Crippen LogP contribution in [0.4, 0.5) is 13.2 Å². The summed E-state index contributed by atoms with van der Waals surface area (Å²) in [6.07, 6.45) is -4.44. The summed E-state index contributed by atoms with van der Waals surface area (Å²) in [7, 11) is -3.63. The second kappa shape index (κ2) is 5.78. The molecule has 0 aliphatic rings. The highest BCUT2D eigenvalue weighted by atomic mass is 32.2. The van der Waals surface area contributed by atoms with Crippen molar-refractivity contribution in [3.05, 3.63) is 52.9 Å². The van der Waals surface area contributed by atoms with Crippen LogP contribution in [-0.2, 0) is 16.0 Å². The predicted octanol–water partition coefficient (Wildman–Crippen LogP) is 2.52. The fourth-order valence-electron chi connectivity index (χ4n) is 1.95. The van der Waals surface area contributed by atoms with Crippen molar-refractivity contribution in [3.8, 4) is 0 Å². The van der Waals surface area contributed by atoms with Crippen LogP contribution in [0.1, 0.15) is 16.4 Å². The normalized spacial score (nSPS) is 14.1. The summed E-state index contributed by atoms with van der Waals surface area (Å²) >= 11 is 1.08. The Morgan fingerprint density at radius 1 is 1.14 bits per heavy atom. The highest BCUT2D eigenvalue weighted by Crippen LogP contribution is 2.33. The monoisotopic (exact) mass is 336 g/mol. The zero-order valence-electron chi connectivity index (χ0n) is 10.8. The van der Waals surface area contributed by atoms with Crippen LogP contribution in [0.2, 0.25) is 0 Å². The van der Waals surface area contributed by atoms with Crippen molar-refractivity contribution in [1.29, 1.82) is 0 Å². The summed E-state index contributed by atoms with van der Waals surface area (Å²) in [4.78, 5) is 0. The lowest BCUT2D eigenvalue weighted by Gasteiger charge is -2.14. The number of alkyl halides is 3. The van der Waals surface area contributed by atoms with Gasteiger partial charge in [-0.25, -0.2) is 8.42 Å². The molecule has 3 N–H and O–H groups in total. The lowest BCUT2D eigenvalue weighted by Crippen LogP contribution is -2.54. The summed E-state index contributed by atoms with van der Waals surface area (Å²) in [5.74, 6) is 0. The number of hydrogen-bond acceptors (Lipinski definition) is 3. The van der Waals surface area contributed by atoms with Crippen LogP contribution in [-0.4, -0.2) is 15.0 Å². The molecule has 0 spiro atoms. The first kappa shape index (κ1) is 16.0. The van der Waals surface area contributed by atoms with E-state index in [9.17, 15) is 21.6 Å². The molecule has 1 atom stereocenters. The van der Waals surface area contributed by atoms with Crippen LogP contribution in [0, 0.1) is 0 Å². The Morgan fingerprint density at radius 2 is 1.76 bits per heavy atom. The van der Waals surface area contributed by atoms with Gasteiger partial charge >= 0.3 is 6.18 Å². The first-order chi connectivity index (χ1) is 9.76. The second-order valence-electron chi connectivity index (χ2n) is 4.37. The van der Waals surface area contributed by atoms with Gasteiger partial charge in [0.25, 0.3) is 0 Å². The Labute approximate surface area is 124 Å². The van der Waals surface area contributed by atoms with E-state index in [0.717, 1.165) is 23.5 Å². The van der Waals surface area contributed by atoms with E-state index in [4.69, 9.17) is 0 Å². The van der Waals surface area contributed by atoms with Gasteiger partial charge in [-0.1, -0.05) is 18.2 Å². The third kappa shape index (κ3) is 3.28. The van der Waals surface area contributed by atoms with E-state index in [1.807, 2.05) is 0 Å². The van der Waals surface area contributed by atoms with Crippen molar-refractivity contribution >= 4 is 21.2 Å². The minimum absolute atomic E-state index is 0.0472. The Hall–Kier alpha value is -1.38. The van der Waals surface area contributed by atoms with Gasteiger partial charge in [0.2, 0.25) is 0 Å². The molecular weight excluding hydrogens is 323 g/mol. The van der Waals surface area contributed by atoms with Crippen LogP contribution >= 0.6 is 11.3 Å². The molecule has 0 aliphatic heterocycles. The fourth-order valence-corrected chi connectivity index (χ4v) is 4.83. The topological polar surface area (TPSA) is 61.8 Å². The number of rotatable bonds is 4. The minimum atomic E-state index is -4.44. The molecule has 0 amide bonds. The van der Waals surface area contributed by atoms with Crippen molar-refractivity contribution in [1.82, 2.24) is 0 Å². The quantitative estimate of drug-likeness (QED) is 0.932. The second-order valence-corrected chi connectivity index (χ2v) is 7.68. The van der Waals surface area contributed by atoms with Crippen molar-refractivity contribution in [2.24, 2.45) is 0 Å². The fraction of sp³-hybridized carbons (Fsp3) is 0.231. The molecule has 2 rings (SSSR count). The van der Waals surface area contributed by atoms with E-state index in [1.165, 1.54) is 18.2 Å². The van der Waals surface area contributed by atoms with Crippen molar-refractivity contribution in [3.63, 3.8) is 0 Å². The number of benzene rings is 1. The van der Waals surface area contributed by atoms with Gasteiger partial charge in [0.05, 0.1) is 12.1 Å². The molecule has 0 saturated heterocycles. The third-order valence-corrected chi connectivity index (χ3v) is 6.62. The molecule has 0 saturated carbocycles. The van der Waals surface area contributed by atoms with Crippen molar-refractivity contribution in [2.75, 3.05) is 6.54 Å². The zero-order valence-corrected chi connectivity index (χ0v) is 12.4. The lowest BCUT2D eigenvalue weighted by molar-refractivity contribution is -0.367. The average molecular weight is 336 g/mol. The Kier molecular flexibility index (Phi) is 4.40. The summed E-state index contributed by atoms with van der Waals surface area (Å²) in [5.41, 5.74) is 3.12. The summed E-state index contributed by atoms with van der Waals surface area (Å²) in [5, 5.41) is 0.693. The third-order valence-electron chi connectivity index (χ3n) is 3.02. The molecule has 1 heterocycles. The van der Waals surface area contributed by atoms with Gasteiger partial charge in [0.1, 0.15) is 9.46 Å². The average Bonchev–Trinajstić information content (AvgIpc) is 2.93. The summed E-state index contributed by atoms with van der Waals surface area (Å²) in [6, 6.07) is 7.27. The molecule has 3 nitrogen and oxygen atoms in total. The smallest absolute Gasteiger partial charge is 0.356 e. The van der Waals surface area contributed by atoms with Gasteiger partial charge in [0, 0.05) is 0 Å². The molecule has 8 heteroatoms. The first-order valence-electron chi connectivity index (χ1n) is 6.00. The molecule has 0 aliphatic carbocycles. The van der Waals surface area contributed by atoms with Gasteiger partial charge in [-0.05, 0) is 29.1 Å². The van der Waals surface area contributed by atoms with Gasteiger partial charge in [0.15, 0.2) is 9.84 Å². The van der Waals surface area contributed by atoms with E-state index in [0.29, 0.717) is 5.56 Å². The van der Waals surface area contributed by atoms with Crippen molar-refractivity contribution < 1.29 is 27.3 Å². The van der Waals surface area contributed by atoms with Crippen LogP contribution in [0.15, 0.2) is 46.0 Å². The highest BCUT2D eigenvalue weighted by Gasteiger charge is 2.33. The predicted molar refractivity (Wildman–Crippen MR) is 73.4 cm³/mol. The van der Waals surface area contributed by atoms with Crippen LogP contribution in [0.5, 0.6) is 0 Å². The summed E-state index contributed by atoms with van der Waals surface area (Å²) in [6.45, 7) is 0.0472. The molecule has 0 bridgehead atoms. The van der Waals surface area contributed by atoms with Gasteiger partial charge in [-0.3, -0.25) is 0 Å². The van der Waals surface area contributed by atoms with E-state index < -0.39 is 26.8 Å². The Morgan fingerprint density at radius 3 is 2.19 bits per heavy atom. The Bertz CT molecular complexity index is 692. The van der Waals surface area contributed by atoms with E-state index >= 15 is 0 Å². The molecule has 1 aromatic carbocycles. The summed E-state index contributed by atoms with van der Waals surface area (Å²) < 4.78 is 62.7. The van der Waals surface area contributed by atoms with Gasteiger partial charge < -0.3 is 5.73 Å². The molecule has 0 unspecified atom stereocenters. The largest absolute Gasteiger partial charge is 0.416 e. The van der Waals surface area contributed by atoms with Gasteiger partial charge in [-0.15, -0.1) is 11.3 Å². The number of sulfone groups is 1. The van der Waals surface area contributed by atoms with E-state index in [2.05, 4.69) is 5.73 Å². The Balaban J connectivity index is 2.39. The number of hydrogen-bond donors (Lipinski definition) is 1. The molecule has 1 aromatic heterocycles. The molecule has 2 aromatic rings. The number of thiophene rings is 1. The van der Waals surface area contributed by atoms with E-state index in [-0.39, 0.29) is 10.8 Å². The lowest BCUT2D eigenvalue weighted by atomic mass is 10.1. The van der Waals surface area contributed by atoms with Crippen LogP contribution < -0.4 is 5.73 Å². The maximum absolute atomic E-state index is 12.5. The maximum atomic E-state index is 12.5. The van der Waals surface area contributed by atoms with Crippen LogP contribution in [0.25, 0.3) is 0 Å². The zero-order chi connectivity index (χ0) is 15.7. The molecule has 0 radical (unpaired) electrons. The number of halogens is 3. The molecule has 0 fully saturated rings. The molecular formula is C13H13F3NO2S2+. The first-order valence-corrected chi connectivity index (χ1v) is 8.43. The molecule has 114 valence electrons. The van der Waals surface area contributed by atoms with Gasteiger partial charge in [-0.2, -0.15) is 13.2 Å². The number of quaternary nitrogens is 1. The SMILES string of the molecule is [NH3+]C[C@H](c1ccc(C(F)(F)F)cc1)S(=O)(=O)c1cccs1. The maximum Gasteiger partial charge on any atom is 0.416 e. The van der Waals surface area contributed by atoms with E-state index in [1.54, 1.807) is 11.4 Å². The van der Waals surface area contributed by atoms with Crippen molar-refractivity contribution in [2.45, 2.75) is 15.6 Å². The van der Waals surface area contributed by atoms with Crippen LogP contribution in [0.3, 0.4) is 0 Å².